The first-order valence-corrected chi connectivity index (χ1v) is 6.05. The van der Waals surface area contributed by atoms with Gasteiger partial charge in [-0.3, -0.25) is 0 Å². The SMILES string of the molecule is C=COc1ccc(Cc2ccc(OC=C)cc2)cc1. The van der Waals surface area contributed by atoms with Crippen molar-refractivity contribution in [3.05, 3.63) is 85.3 Å². The molecule has 0 N–H and O–H groups in total. The largest absolute Gasteiger partial charge is 0.466 e. The van der Waals surface area contributed by atoms with Crippen LogP contribution in [0.25, 0.3) is 0 Å². The molecule has 0 saturated heterocycles. The smallest absolute Gasteiger partial charge is 0.126 e. The highest BCUT2D eigenvalue weighted by molar-refractivity contribution is 5.34. The molecular weight excluding hydrogens is 236 g/mol. The molecule has 0 saturated carbocycles. The van der Waals surface area contributed by atoms with Crippen molar-refractivity contribution in [1.82, 2.24) is 0 Å². The topological polar surface area (TPSA) is 18.5 Å². The van der Waals surface area contributed by atoms with Gasteiger partial charge in [-0.05, 0) is 41.8 Å². The van der Waals surface area contributed by atoms with Crippen LogP contribution in [0.2, 0.25) is 0 Å². The van der Waals surface area contributed by atoms with E-state index >= 15 is 0 Å². The lowest BCUT2D eigenvalue weighted by Crippen LogP contribution is -1.89. The number of hydrogen-bond acceptors (Lipinski definition) is 2. The van der Waals surface area contributed by atoms with Crippen LogP contribution >= 0.6 is 0 Å². The molecule has 0 amide bonds. The predicted molar refractivity (Wildman–Crippen MR) is 77.3 cm³/mol. The minimum absolute atomic E-state index is 0.800. The molecule has 0 fully saturated rings. The first-order valence-electron chi connectivity index (χ1n) is 6.05. The summed E-state index contributed by atoms with van der Waals surface area (Å²) in [5.74, 6) is 1.60. The zero-order valence-corrected chi connectivity index (χ0v) is 10.7. The second kappa shape index (κ2) is 6.45. The molecule has 2 heteroatoms. The van der Waals surface area contributed by atoms with Crippen molar-refractivity contribution in [3.8, 4) is 11.5 Å². The Bertz CT molecular complexity index is 487. The highest BCUT2D eigenvalue weighted by Crippen LogP contribution is 2.18. The first-order chi connectivity index (χ1) is 9.31. The Morgan fingerprint density at radius 3 is 1.37 bits per heavy atom. The van der Waals surface area contributed by atoms with Crippen molar-refractivity contribution in [1.29, 1.82) is 0 Å². The molecule has 19 heavy (non-hydrogen) atoms. The molecule has 0 radical (unpaired) electrons. The van der Waals surface area contributed by atoms with E-state index in [1.807, 2.05) is 48.5 Å². The van der Waals surface area contributed by atoms with Crippen LogP contribution in [0, 0.1) is 0 Å². The van der Waals surface area contributed by atoms with Crippen molar-refractivity contribution in [2.75, 3.05) is 0 Å². The maximum Gasteiger partial charge on any atom is 0.126 e. The van der Waals surface area contributed by atoms with E-state index in [2.05, 4.69) is 13.2 Å². The summed E-state index contributed by atoms with van der Waals surface area (Å²) >= 11 is 0. The van der Waals surface area contributed by atoms with Gasteiger partial charge in [-0.2, -0.15) is 0 Å². The molecule has 0 bridgehead atoms. The van der Waals surface area contributed by atoms with E-state index in [1.54, 1.807) is 0 Å². The number of hydrogen-bond donors (Lipinski definition) is 0. The van der Waals surface area contributed by atoms with Crippen LogP contribution in [0.5, 0.6) is 11.5 Å². The highest BCUT2D eigenvalue weighted by atomic mass is 16.5. The summed E-state index contributed by atoms with van der Waals surface area (Å²) in [6.07, 6.45) is 3.73. The zero-order valence-electron chi connectivity index (χ0n) is 10.7. The van der Waals surface area contributed by atoms with Crippen molar-refractivity contribution < 1.29 is 9.47 Å². The average Bonchev–Trinajstić information content (AvgIpc) is 2.44. The van der Waals surface area contributed by atoms with Gasteiger partial charge in [0.05, 0.1) is 12.5 Å². The monoisotopic (exact) mass is 252 g/mol. The minimum atomic E-state index is 0.800. The normalized spacial score (nSPS) is 9.68. The third-order valence-electron chi connectivity index (χ3n) is 2.69. The predicted octanol–water partition coefficient (Wildman–Crippen LogP) is 4.32. The van der Waals surface area contributed by atoms with Gasteiger partial charge in [-0.1, -0.05) is 37.4 Å². The number of benzene rings is 2. The summed E-state index contributed by atoms with van der Waals surface area (Å²) in [5, 5.41) is 0. The van der Waals surface area contributed by atoms with Gasteiger partial charge in [-0.15, -0.1) is 0 Å². The van der Waals surface area contributed by atoms with Crippen molar-refractivity contribution in [3.63, 3.8) is 0 Å². The van der Waals surface area contributed by atoms with Crippen LogP contribution in [0.1, 0.15) is 11.1 Å². The Hall–Kier alpha value is -2.48. The second-order valence-corrected chi connectivity index (χ2v) is 4.03. The number of rotatable bonds is 6. The van der Waals surface area contributed by atoms with Gasteiger partial charge in [0, 0.05) is 0 Å². The summed E-state index contributed by atoms with van der Waals surface area (Å²) in [6, 6.07) is 15.9. The molecule has 0 aliphatic carbocycles. The summed E-state index contributed by atoms with van der Waals surface area (Å²) in [5.41, 5.74) is 2.46. The lowest BCUT2D eigenvalue weighted by atomic mass is 10.0. The highest BCUT2D eigenvalue weighted by Gasteiger charge is 1.98. The van der Waals surface area contributed by atoms with Crippen LogP contribution < -0.4 is 9.47 Å². The van der Waals surface area contributed by atoms with E-state index in [1.165, 1.54) is 23.7 Å². The summed E-state index contributed by atoms with van der Waals surface area (Å²) < 4.78 is 10.4. The Morgan fingerprint density at radius 2 is 1.05 bits per heavy atom. The van der Waals surface area contributed by atoms with Crippen LogP contribution in [0.4, 0.5) is 0 Å². The maximum absolute atomic E-state index is 5.19. The molecule has 0 spiro atoms. The lowest BCUT2D eigenvalue weighted by Gasteiger charge is -2.05. The van der Waals surface area contributed by atoms with Gasteiger partial charge < -0.3 is 9.47 Å². The summed E-state index contributed by atoms with van der Waals surface area (Å²) in [7, 11) is 0. The van der Waals surface area contributed by atoms with Crippen LogP contribution in [-0.4, -0.2) is 0 Å². The third-order valence-corrected chi connectivity index (χ3v) is 2.69. The molecule has 96 valence electrons. The second-order valence-electron chi connectivity index (χ2n) is 4.03. The standard InChI is InChI=1S/C17H16O2/c1-3-18-16-9-5-14(6-10-16)13-15-7-11-17(12-8-15)19-4-2/h3-12H,1-2,13H2. The van der Waals surface area contributed by atoms with Gasteiger partial charge >= 0.3 is 0 Å². The molecule has 0 aromatic heterocycles. The van der Waals surface area contributed by atoms with Crippen molar-refractivity contribution in [2.45, 2.75) is 6.42 Å². The van der Waals surface area contributed by atoms with E-state index in [0.29, 0.717) is 0 Å². The van der Waals surface area contributed by atoms with Crippen LogP contribution in [0.3, 0.4) is 0 Å². The molecule has 2 aromatic rings. The summed E-state index contributed by atoms with van der Waals surface area (Å²) in [6.45, 7) is 7.06. The quantitative estimate of drug-likeness (QED) is 0.713. The van der Waals surface area contributed by atoms with Gasteiger partial charge in [0.15, 0.2) is 0 Å². The maximum atomic E-state index is 5.19. The molecule has 2 aromatic carbocycles. The fraction of sp³-hybridized carbons (Fsp3) is 0.0588. The number of ether oxygens (including phenoxy) is 2. The molecule has 0 aliphatic heterocycles. The Labute approximate surface area is 113 Å². The Kier molecular flexibility index (Phi) is 4.40. The Balaban J connectivity index is 2.03. The average molecular weight is 252 g/mol. The minimum Gasteiger partial charge on any atom is -0.466 e. The fourth-order valence-electron chi connectivity index (χ4n) is 1.80. The third kappa shape index (κ3) is 3.75. The van der Waals surface area contributed by atoms with Crippen molar-refractivity contribution >= 4 is 0 Å². The van der Waals surface area contributed by atoms with Crippen molar-refractivity contribution in [2.24, 2.45) is 0 Å². The fourth-order valence-corrected chi connectivity index (χ4v) is 1.80. The molecule has 0 atom stereocenters. The van der Waals surface area contributed by atoms with Crippen LogP contribution in [0.15, 0.2) is 74.2 Å². The van der Waals surface area contributed by atoms with E-state index in [4.69, 9.17) is 9.47 Å². The molecule has 2 rings (SSSR count). The van der Waals surface area contributed by atoms with E-state index in [0.717, 1.165) is 17.9 Å². The van der Waals surface area contributed by atoms with Gasteiger partial charge in [0.1, 0.15) is 11.5 Å². The first kappa shape index (κ1) is 13.0. The van der Waals surface area contributed by atoms with Crippen LogP contribution in [-0.2, 0) is 6.42 Å². The summed E-state index contributed by atoms with van der Waals surface area (Å²) in [4.78, 5) is 0. The van der Waals surface area contributed by atoms with Gasteiger partial charge in [0.25, 0.3) is 0 Å². The molecule has 2 nitrogen and oxygen atoms in total. The van der Waals surface area contributed by atoms with E-state index in [9.17, 15) is 0 Å². The molecule has 0 aliphatic rings. The zero-order chi connectivity index (χ0) is 13.5. The molecule has 0 unspecified atom stereocenters. The molecule has 0 heterocycles. The lowest BCUT2D eigenvalue weighted by molar-refractivity contribution is 0.483. The van der Waals surface area contributed by atoms with E-state index < -0.39 is 0 Å². The van der Waals surface area contributed by atoms with Gasteiger partial charge in [0.2, 0.25) is 0 Å². The van der Waals surface area contributed by atoms with Gasteiger partial charge in [-0.25, -0.2) is 0 Å². The molecular formula is C17H16O2. The van der Waals surface area contributed by atoms with E-state index in [-0.39, 0.29) is 0 Å². The Morgan fingerprint density at radius 1 is 0.684 bits per heavy atom.